The first kappa shape index (κ1) is 25.5. The summed E-state index contributed by atoms with van der Waals surface area (Å²) in [6, 6.07) is 17.2. The van der Waals surface area contributed by atoms with Gasteiger partial charge in [0.1, 0.15) is 24.1 Å². The maximum atomic E-state index is 13.1. The van der Waals surface area contributed by atoms with E-state index in [1.54, 1.807) is 24.3 Å². The van der Waals surface area contributed by atoms with Crippen molar-refractivity contribution < 1.29 is 28.2 Å². The van der Waals surface area contributed by atoms with E-state index in [0.717, 1.165) is 5.56 Å². The highest BCUT2D eigenvalue weighted by molar-refractivity contribution is 9.10. The number of nitrogens with zero attached hydrogens (tertiary/aromatic N) is 1. The molecule has 0 saturated carbocycles. The molecule has 0 radical (unpaired) electrons. The molecule has 3 rings (SSSR count). The average molecular weight is 539 g/mol. The van der Waals surface area contributed by atoms with E-state index in [2.05, 4.69) is 26.0 Å². The van der Waals surface area contributed by atoms with Crippen molar-refractivity contribution in [3.63, 3.8) is 0 Å². The molecule has 35 heavy (non-hydrogen) atoms. The Bertz CT molecular complexity index is 1300. The summed E-state index contributed by atoms with van der Waals surface area (Å²) >= 11 is 3.44. The van der Waals surface area contributed by atoms with Crippen LogP contribution in [0.1, 0.15) is 21.5 Å². The Balaban J connectivity index is 1.77. The molecule has 7 nitrogen and oxygen atoms in total. The first-order valence-corrected chi connectivity index (χ1v) is 11.0. The van der Waals surface area contributed by atoms with Crippen LogP contribution in [-0.4, -0.2) is 26.1 Å². The van der Waals surface area contributed by atoms with Crippen LogP contribution in [0.2, 0.25) is 0 Å². The molecular weight excluding hydrogens is 519 g/mol. The van der Waals surface area contributed by atoms with Gasteiger partial charge in [0.05, 0.1) is 24.3 Å². The minimum atomic E-state index is -0.620. The van der Waals surface area contributed by atoms with Crippen LogP contribution in [0.3, 0.4) is 0 Å². The minimum Gasteiger partial charge on any atom is -0.493 e. The number of carbonyl (C=O) groups excluding carboxylic acids is 2. The van der Waals surface area contributed by atoms with Gasteiger partial charge in [-0.05, 0) is 81.7 Å². The van der Waals surface area contributed by atoms with E-state index in [9.17, 15) is 19.2 Å². The molecule has 3 aromatic carbocycles. The molecule has 0 aliphatic rings. The van der Waals surface area contributed by atoms with Gasteiger partial charge in [-0.2, -0.15) is 5.26 Å². The standard InChI is InChI=1S/C26H20BrFN2O5/c1-33-23-13-17(12-22(27)24(23)35-15-16-3-7-20(28)8-4-16)11-19(14-29)25(31)30-21-9-5-18(6-10-21)26(32)34-2/h3-13H,15H2,1-2H3,(H,30,31)/b19-11+. The van der Waals surface area contributed by atoms with Crippen LogP contribution in [0.25, 0.3) is 6.08 Å². The number of anilines is 1. The van der Waals surface area contributed by atoms with Gasteiger partial charge >= 0.3 is 5.97 Å². The lowest BCUT2D eigenvalue weighted by atomic mass is 10.1. The van der Waals surface area contributed by atoms with Gasteiger partial charge in [0.2, 0.25) is 0 Å². The van der Waals surface area contributed by atoms with Crippen molar-refractivity contribution in [2.24, 2.45) is 0 Å². The fourth-order valence-electron chi connectivity index (χ4n) is 3.02. The van der Waals surface area contributed by atoms with Crippen LogP contribution in [0.15, 0.2) is 70.7 Å². The molecule has 0 spiro atoms. The van der Waals surface area contributed by atoms with Crippen LogP contribution in [-0.2, 0) is 16.1 Å². The van der Waals surface area contributed by atoms with Crippen molar-refractivity contribution in [2.75, 3.05) is 19.5 Å². The number of carbonyl (C=O) groups is 2. The van der Waals surface area contributed by atoms with Gasteiger partial charge in [0.15, 0.2) is 11.5 Å². The summed E-state index contributed by atoms with van der Waals surface area (Å²) < 4.78 is 29.6. The van der Waals surface area contributed by atoms with Crippen molar-refractivity contribution >= 4 is 39.6 Å². The van der Waals surface area contributed by atoms with Gasteiger partial charge in [0.25, 0.3) is 5.91 Å². The average Bonchev–Trinajstić information content (AvgIpc) is 2.87. The first-order chi connectivity index (χ1) is 16.8. The Kier molecular flexibility index (Phi) is 8.59. The van der Waals surface area contributed by atoms with E-state index in [1.807, 2.05) is 6.07 Å². The van der Waals surface area contributed by atoms with Gasteiger partial charge in [-0.15, -0.1) is 0 Å². The van der Waals surface area contributed by atoms with E-state index in [-0.39, 0.29) is 18.0 Å². The molecule has 0 aliphatic carbocycles. The third-order valence-electron chi connectivity index (χ3n) is 4.79. The smallest absolute Gasteiger partial charge is 0.337 e. The highest BCUT2D eigenvalue weighted by atomic mass is 79.9. The maximum absolute atomic E-state index is 13.1. The number of esters is 1. The molecule has 0 heterocycles. The van der Waals surface area contributed by atoms with Gasteiger partial charge < -0.3 is 19.5 Å². The third kappa shape index (κ3) is 6.68. The predicted octanol–water partition coefficient (Wildman–Crippen LogP) is 5.51. The molecule has 1 N–H and O–H groups in total. The molecule has 0 aromatic heterocycles. The highest BCUT2D eigenvalue weighted by Gasteiger charge is 2.15. The molecular formula is C26H20BrFN2O5. The number of ether oxygens (including phenoxy) is 3. The topological polar surface area (TPSA) is 97.7 Å². The number of benzene rings is 3. The second kappa shape index (κ2) is 11.8. The number of hydrogen-bond donors (Lipinski definition) is 1. The quantitative estimate of drug-likeness (QED) is 0.231. The van der Waals surface area contributed by atoms with Gasteiger partial charge in [-0.3, -0.25) is 4.79 Å². The molecule has 0 bridgehead atoms. The van der Waals surface area contributed by atoms with Crippen LogP contribution in [0.5, 0.6) is 11.5 Å². The van der Waals surface area contributed by atoms with Crippen molar-refractivity contribution in [3.05, 3.63) is 93.2 Å². The maximum Gasteiger partial charge on any atom is 0.337 e. The van der Waals surface area contributed by atoms with Crippen molar-refractivity contribution in [3.8, 4) is 17.6 Å². The van der Waals surface area contributed by atoms with E-state index in [0.29, 0.717) is 32.8 Å². The third-order valence-corrected chi connectivity index (χ3v) is 5.38. The van der Waals surface area contributed by atoms with E-state index < -0.39 is 11.9 Å². The summed E-state index contributed by atoms with van der Waals surface area (Å²) in [4.78, 5) is 24.2. The Morgan fingerprint density at radius 2 is 1.77 bits per heavy atom. The zero-order chi connectivity index (χ0) is 25.4. The van der Waals surface area contributed by atoms with E-state index in [1.165, 1.54) is 56.7 Å². The summed E-state index contributed by atoms with van der Waals surface area (Å²) in [6.45, 7) is 0.186. The van der Waals surface area contributed by atoms with Crippen molar-refractivity contribution in [2.45, 2.75) is 6.61 Å². The number of nitriles is 1. The first-order valence-electron chi connectivity index (χ1n) is 10.2. The van der Waals surface area contributed by atoms with E-state index >= 15 is 0 Å². The molecule has 0 fully saturated rings. The Morgan fingerprint density at radius 3 is 2.37 bits per heavy atom. The fourth-order valence-corrected chi connectivity index (χ4v) is 3.59. The summed E-state index contributed by atoms with van der Waals surface area (Å²) in [7, 11) is 2.75. The van der Waals surface area contributed by atoms with Crippen LogP contribution < -0.4 is 14.8 Å². The van der Waals surface area contributed by atoms with Crippen molar-refractivity contribution in [1.29, 1.82) is 5.26 Å². The predicted molar refractivity (Wildman–Crippen MR) is 131 cm³/mol. The normalized spacial score (nSPS) is 10.8. The molecule has 0 aliphatic heterocycles. The second-order valence-corrected chi connectivity index (χ2v) is 8.00. The molecule has 0 atom stereocenters. The van der Waals surface area contributed by atoms with Gasteiger partial charge in [0, 0.05) is 5.69 Å². The van der Waals surface area contributed by atoms with Crippen LogP contribution >= 0.6 is 15.9 Å². The van der Waals surface area contributed by atoms with Crippen LogP contribution in [0, 0.1) is 17.1 Å². The summed E-state index contributed by atoms with van der Waals surface area (Å²) in [6.07, 6.45) is 1.41. The molecule has 178 valence electrons. The summed E-state index contributed by atoms with van der Waals surface area (Å²) in [5.41, 5.74) is 1.89. The number of nitrogens with one attached hydrogen (secondary N) is 1. The Morgan fingerprint density at radius 1 is 1.09 bits per heavy atom. The minimum absolute atomic E-state index is 0.143. The summed E-state index contributed by atoms with van der Waals surface area (Å²) in [5.74, 6) is -0.652. The number of hydrogen-bond acceptors (Lipinski definition) is 6. The Hall–Kier alpha value is -4.16. The van der Waals surface area contributed by atoms with Crippen LogP contribution in [0.4, 0.5) is 10.1 Å². The van der Waals surface area contributed by atoms with Gasteiger partial charge in [-0.25, -0.2) is 9.18 Å². The largest absolute Gasteiger partial charge is 0.493 e. The monoisotopic (exact) mass is 538 g/mol. The molecule has 1 amide bonds. The fraction of sp³-hybridized carbons (Fsp3) is 0.115. The SMILES string of the molecule is COC(=O)c1ccc(NC(=O)/C(C#N)=C/c2cc(Br)c(OCc3ccc(F)cc3)c(OC)c2)cc1. The number of methoxy groups -OCH3 is 2. The molecule has 0 saturated heterocycles. The summed E-state index contributed by atoms with van der Waals surface area (Å²) in [5, 5.41) is 12.1. The number of halogens is 2. The molecule has 9 heteroatoms. The van der Waals surface area contributed by atoms with E-state index in [4.69, 9.17) is 9.47 Å². The highest BCUT2D eigenvalue weighted by Crippen LogP contribution is 2.37. The lowest BCUT2D eigenvalue weighted by Gasteiger charge is -2.14. The Labute approximate surface area is 209 Å². The van der Waals surface area contributed by atoms with Crippen molar-refractivity contribution in [1.82, 2.24) is 0 Å². The second-order valence-electron chi connectivity index (χ2n) is 7.14. The lowest BCUT2D eigenvalue weighted by Crippen LogP contribution is -2.13. The number of rotatable bonds is 8. The number of amides is 1. The zero-order valence-corrected chi connectivity index (χ0v) is 20.4. The lowest BCUT2D eigenvalue weighted by molar-refractivity contribution is -0.112. The zero-order valence-electron chi connectivity index (χ0n) is 18.8. The molecule has 3 aromatic rings. The van der Waals surface area contributed by atoms with Gasteiger partial charge in [-0.1, -0.05) is 12.1 Å². The molecule has 0 unspecified atom stereocenters.